The predicted molar refractivity (Wildman–Crippen MR) is 196 cm³/mol. The minimum Gasteiger partial charge on any atom is -0.321 e. The Labute approximate surface area is 324 Å². The number of aromatic nitrogens is 5. The molecule has 1 atom stereocenters. The summed E-state index contributed by atoms with van der Waals surface area (Å²) in [6.45, 7) is -0.694. The Morgan fingerprint density at radius 2 is 1.65 bits per heavy atom. The minimum atomic E-state index is -4.02. The maximum atomic E-state index is 15.0. The van der Waals surface area contributed by atoms with E-state index in [4.69, 9.17) is 17.3 Å². The molecule has 3 N–H and O–H groups in total. The topological polar surface area (TPSA) is 141 Å². The third-order valence-corrected chi connectivity index (χ3v) is 11.1. The molecule has 7 rings (SSSR count). The second-order valence-electron chi connectivity index (χ2n) is 14.6. The fraction of sp³-hybridized carbons (Fsp3) is 0.444. The van der Waals surface area contributed by atoms with Crippen molar-refractivity contribution in [2.75, 3.05) is 30.6 Å². The van der Waals surface area contributed by atoms with E-state index in [-0.39, 0.29) is 83.4 Å². The fourth-order valence-electron chi connectivity index (χ4n) is 7.60. The maximum absolute atomic E-state index is 15.0. The van der Waals surface area contributed by atoms with Crippen LogP contribution in [0.5, 0.6) is 0 Å². The summed E-state index contributed by atoms with van der Waals surface area (Å²) < 4.78 is 144. The van der Waals surface area contributed by atoms with Crippen molar-refractivity contribution in [1.29, 1.82) is 0 Å². The van der Waals surface area contributed by atoms with Gasteiger partial charge in [-0.2, -0.15) is 5.10 Å². The van der Waals surface area contributed by atoms with E-state index < -0.39 is 99.9 Å². The number of sulfonamides is 1. The molecule has 5 aromatic rings. The van der Waals surface area contributed by atoms with Crippen LogP contribution in [0.4, 0.5) is 40.9 Å². The highest BCUT2D eigenvalue weighted by Crippen LogP contribution is 2.42. The van der Waals surface area contributed by atoms with Gasteiger partial charge in [-0.1, -0.05) is 11.6 Å². The first-order chi connectivity index (χ1) is 26.7. The molecule has 0 bridgehead atoms. The molecular weight excluding hydrogens is 812 g/mol. The van der Waals surface area contributed by atoms with Crippen LogP contribution >= 0.6 is 11.6 Å². The molecule has 3 aromatic heterocycles. The number of hydrogen-bond donors (Lipinski definition) is 2. The van der Waals surface area contributed by atoms with Crippen molar-refractivity contribution in [1.82, 2.24) is 29.2 Å². The van der Waals surface area contributed by atoms with E-state index in [1.165, 1.54) is 21.7 Å². The molecule has 2 fully saturated rings. The second kappa shape index (κ2) is 15.1. The summed E-state index contributed by atoms with van der Waals surface area (Å²) in [7, 11) is -4.02. The van der Waals surface area contributed by atoms with Crippen LogP contribution in [0, 0.1) is 11.6 Å². The lowest BCUT2D eigenvalue weighted by atomic mass is 9.84. The summed E-state index contributed by atoms with van der Waals surface area (Å²) in [6.07, 6.45) is -4.35. The Hall–Kier alpha value is -4.40. The molecule has 57 heavy (non-hydrogen) atoms. The van der Waals surface area contributed by atoms with E-state index in [1.54, 1.807) is 0 Å². The molecular formula is C36H35ClF8N8O3S. The molecule has 0 amide bonds. The number of likely N-dealkylation sites (tertiary alicyclic amines) is 1. The Balaban J connectivity index is 1.48. The van der Waals surface area contributed by atoms with Crippen molar-refractivity contribution in [2.45, 2.75) is 75.3 Å². The first-order valence-electron chi connectivity index (χ1n) is 17.8. The van der Waals surface area contributed by atoms with Crippen LogP contribution < -0.4 is 16.0 Å². The van der Waals surface area contributed by atoms with Crippen molar-refractivity contribution >= 4 is 49.4 Å². The Bertz CT molecular complexity index is 2520. The summed E-state index contributed by atoms with van der Waals surface area (Å²) in [5, 5.41) is 3.61. The molecule has 2 aromatic carbocycles. The van der Waals surface area contributed by atoms with E-state index in [0.717, 1.165) is 29.0 Å². The average molecular weight is 847 g/mol. The smallest absolute Gasteiger partial charge is 0.268 e. The van der Waals surface area contributed by atoms with Gasteiger partial charge in [-0.25, -0.2) is 53.5 Å². The zero-order valence-electron chi connectivity index (χ0n) is 30.1. The van der Waals surface area contributed by atoms with Crippen LogP contribution in [0.1, 0.15) is 73.1 Å². The Kier molecular flexibility index (Phi) is 10.8. The number of fused-ring (bicyclic) bond motifs is 2. The predicted octanol–water partition coefficient (Wildman–Crippen LogP) is 7.25. The average Bonchev–Trinajstić information content (AvgIpc) is 3.64. The number of anilines is 1. The summed E-state index contributed by atoms with van der Waals surface area (Å²) in [5.41, 5.74) is 4.11. The fourth-order valence-corrected chi connectivity index (χ4v) is 8.34. The zero-order valence-corrected chi connectivity index (χ0v) is 31.6. The molecule has 2 aliphatic rings. The van der Waals surface area contributed by atoms with Gasteiger partial charge in [0.25, 0.3) is 17.9 Å². The molecule has 1 aliphatic carbocycles. The molecule has 306 valence electrons. The van der Waals surface area contributed by atoms with E-state index in [0.29, 0.717) is 6.07 Å². The van der Waals surface area contributed by atoms with E-state index in [9.17, 15) is 48.3 Å². The highest BCUT2D eigenvalue weighted by atomic mass is 35.5. The monoisotopic (exact) mass is 846 g/mol. The van der Waals surface area contributed by atoms with Gasteiger partial charge in [0.2, 0.25) is 15.9 Å². The molecule has 0 spiro atoms. The quantitative estimate of drug-likeness (QED) is 0.133. The number of nitrogens with one attached hydrogen (secondary N) is 1. The Morgan fingerprint density at radius 3 is 2.26 bits per heavy atom. The van der Waals surface area contributed by atoms with Crippen molar-refractivity contribution in [3.8, 4) is 5.69 Å². The van der Waals surface area contributed by atoms with Crippen LogP contribution in [0.3, 0.4) is 0 Å². The molecule has 1 aliphatic heterocycles. The number of nitrogens with two attached hydrogens (primary N) is 1. The van der Waals surface area contributed by atoms with Crippen molar-refractivity contribution in [2.24, 2.45) is 5.73 Å². The number of rotatable bonds is 11. The van der Waals surface area contributed by atoms with Gasteiger partial charge in [0.15, 0.2) is 11.5 Å². The van der Waals surface area contributed by atoms with E-state index >= 15 is 0 Å². The normalized spacial score (nSPS) is 18.2. The minimum absolute atomic E-state index is 0.0145. The molecule has 21 heteroatoms. The Morgan fingerprint density at radius 1 is 0.965 bits per heavy atom. The van der Waals surface area contributed by atoms with Crippen LogP contribution in [-0.2, 0) is 23.0 Å². The maximum Gasteiger partial charge on any atom is 0.268 e. The van der Waals surface area contributed by atoms with Gasteiger partial charge >= 0.3 is 0 Å². The third kappa shape index (κ3) is 8.59. The van der Waals surface area contributed by atoms with Crippen LogP contribution in [0.15, 0.2) is 41.2 Å². The van der Waals surface area contributed by atoms with Gasteiger partial charge in [0.05, 0.1) is 52.4 Å². The second-order valence-corrected chi connectivity index (χ2v) is 16.7. The molecule has 4 heterocycles. The van der Waals surface area contributed by atoms with Crippen LogP contribution in [0.2, 0.25) is 5.02 Å². The summed E-state index contributed by atoms with van der Waals surface area (Å²) in [5.74, 6) is -9.05. The van der Waals surface area contributed by atoms with Gasteiger partial charge in [0, 0.05) is 55.6 Å². The molecule has 1 saturated heterocycles. The molecule has 0 unspecified atom stereocenters. The van der Waals surface area contributed by atoms with Crippen molar-refractivity contribution in [3.05, 3.63) is 86.1 Å². The van der Waals surface area contributed by atoms with Gasteiger partial charge in [0.1, 0.15) is 17.5 Å². The van der Waals surface area contributed by atoms with Gasteiger partial charge in [-0.05, 0) is 55.2 Å². The third-order valence-electron chi connectivity index (χ3n) is 10.2. The number of alkyl halides is 6. The highest BCUT2D eigenvalue weighted by Gasteiger charge is 2.39. The first kappa shape index (κ1) is 40.8. The largest absolute Gasteiger partial charge is 0.321 e. The summed E-state index contributed by atoms with van der Waals surface area (Å²) in [6, 6.07) is 4.80. The standard InChI is InChI=1S/C36H35ClF8N8O3S/c1-57(55,56)50-32-28-23(37)2-3-26(29(28)52(49-32)11-10-51-9-8-36(44,45)17-51)53-33(24(46)14-18-12-20(38)15-21(39)13-18)48-31-27(34(53)54)22(30(40)41)16-25(47-31)19-4-6-35(42,43)7-5-19/h2-3,12-13,15-16,19,24,30H,4-11,14,17,46H2,1H3,(H,49,50)/t24-/m0/s1. The van der Waals surface area contributed by atoms with Crippen molar-refractivity contribution < 1.29 is 43.5 Å². The van der Waals surface area contributed by atoms with Crippen molar-refractivity contribution in [3.63, 3.8) is 0 Å². The molecule has 11 nitrogen and oxygen atoms in total. The SMILES string of the molecule is CS(=O)(=O)Nc1nn(CCN2CCC(F)(F)C2)c2c(-n3c([C@@H](N)Cc4cc(F)cc(F)c4)nc4nc(C5CCC(F)(F)CC5)cc(C(F)F)c4c3=O)ccc(Cl)c12. The lowest BCUT2D eigenvalue weighted by Crippen LogP contribution is -2.31. The number of benzene rings is 2. The first-order valence-corrected chi connectivity index (χ1v) is 20.1. The molecule has 0 radical (unpaired) electrons. The van der Waals surface area contributed by atoms with Gasteiger partial charge in [-0.15, -0.1) is 0 Å². The van der Waals surface area contributed by atoms with E-state index in [2.05, 4.69) is 19.8 Å². The van der Waals surface area contributed by atoms with Crippen LogP contribution in [-0.4, -0.2) is 75.4 Å². The summed E-state index contributed by atoms with van der Waals surface area (Å²) >= 11 is 6.63. The van der Waals surface area contributed by atoms with Gasteiger partial charge < -0.3 is 5.73 Å². The zero-order chi connectivity index (χ0) is 41.2. The highest BCUT2D eigenvalue weighted by molar-refractivity contribution is 7.92. The number of pyridine rings is 1. The van der Waals surface area contributed by atoms with Gasteiger partial charge in [-0.3, -0.25) is 23.7 Å². The van der Waals surface area contributed by atoms with E-state index in [1.807, 2.05) is 0 Å². The lowest BCUT2D eigenvalue weighted by Gasteiger charge is -2.28. The summed E-state index contributed by atoms with van der Waals surface area (Å²) in [4.78, 5) is 25.2. The number of hydrogen-bond acceptors (Lipinski definition) is 8. The number of nitrogens with zero attached hydrogens (tertiary/aromatic N) is 6. The lowest BCUT2D eigenvalue weighted by molar-refractivity contribution is -0.0385. The molecule has 1 saturated carbocycles. The number of halogens is 9. The van der Waals surface area contributed by atoms with Crippen LogP contribution in [0.25, 0.3) is 27.6 Å².